The van der Waals surface area contributed by atoms with Gasteiger partial charge in [0.1, 0.15) is 11.2 Å². The minimum absolute atomic E-state index is 0.282. The first-order chi connectivity index (χ1) is 17.1. The number of hydrogen-bond donors (Lipinski definition) is 0. The van der Waals surface area contributed by atoms with Crippen LogP contribution in [-0.2, 0) is 0 Å². The number of fused-ring (bicyclic) bond motifs is 2. The fourth-order valence-corrected chi connectivity index (χ4v) is 4.38. The fraction of sp³-hybridized carbons (Fsp3) is 0. The average Bonchev–Trinajstić information content (AvgIpc) is 2.88. The third kappa shape index (κ3) is 3.82. The van der Waals surface area contributed by atoms with Crippen LogP contribution in [0.5, 0.6) is 0 Å². The Balaban J connectivity index is 1.65. The van der Waals surface area contributed by atoms with E-state index >= 15 is 0 Å². The van der Waals surface area contributed by atoms with Crippen molar-refractivity contribution in [2.75, 3.05) is 0 Å². The first-order valence-corrected chi connectivity index (χ1v) is 11.3. The molecule has 0 N–H and O–H groups in total. The van der Waals surface area contributed by atoms with Crippen molar-refractivity contribution in [3.8, 4) is 33.6 Å². The summed E-state index contributed by atoms with van der Waals surface area (Å²) < 4.78 is 11.1. The number of aromatic nitrogens is 1. The van der Waals surface area contributed by atoms with Crippen molar-refractivity contribution in [2.24, 2.45) is 0 Å². The Bertz CT molecular complexity index is 1760. The van der Waals surface area contributed by atoms with E-state index in [1.54, 1.807) is 54.6 Å². The Kier molecular flexibility index (Phi) is 5.05. The van der Waals surface area contributed by atoms with Crippen LogP contribution in [0, 0.1) is 0 Å². The normalized spacial score (nSPS) is 11.2. The van der Waals surface area contributed by atoms with Gasteiger partial charge >= 0.3 is 11.3 Å². The van der Waals surface area contributed by atoms with Crippen LogP contribution in [0.1, 0.15) is 0 Å². The van der Waals surface area contributed by atoms with Gasteiger partial charge in [-0.1, -0.05) is 66.2 Å². The number of nitrogens with zero attached hydrogens (tertiary/aromatic N) is 1. The number of para-hydroxylation sites is 2. The summed E-state index contributed by atoms with van der Waals surface area (Å²) in [5.74, 6) is 0. The monoisotopic (exact) mass is 477 g/mol. The first-order valence-electron chi connectivity index (χ1n) is 10.9. The van der Waals surface area contributed by atoms with E-state index in [9.17, 15) is 9.59 Å². The molecule has 0 aliphatic carbocycles. The van der Waals surface area contributed by atoms with Gasteiger partial charge in [0, 0.05) is 21.4 Å². The molecule has 0 amide bonds. The molecule has 3 heterocycles. The lowest BCUT2D eigenvalue weighted by molar-refractivity contribution is 0.563. The lowest BCUT2D eigenvalue weighted by Gasteiger charge is -2.11. The van der Waals surface area contributed by atoms with Crippen LogP contribution in [0.15, 0.2) is 115 Å². The molecule has 6 aromatic rings. The van der Waals surface area contributed by atoms with Gasteiger partial charge in [-0.2, -0.15) is 0 Å². The van der Waals surface area contributed by atoms with E-state index in [0.717, 1.165) is 16.3 Å². The van der Waals surface area contributed by atoms with Crippen molar-refractivity contribution in [1.82, 2.24) is 4.98 Å². The standard InChI is InChI=1S/C29H16ClNO4/c30-23-10-4-3-9-20(23)19-15-24(21-13-17-7-1-5-11-26(17)34-28(21)32)31-25(16-19)22-14-18-8-2-6-12-27(18)35-29(22)33/h1-16H. The molecule has 6 rings (SSSR count). The van der Waals surface area contributed by atoms with Crippen LogP contribution in [0.2, 0.25) is 5.02 Å². The van der Waals surface area contributed by atoms with Crippen LogP contribution in [0.3, 0.4) is 0 Å². The summed E-state index contributed by atoms with van der Waals surface area (Å²) >= 11 is 6.49. The minimum atomic E-state index is -0.524. The zero-order valence-corrected chi connectivity index (χ0v) is 19.0. The zero-order valence-electron chi connectivity index (χ0n) is 18.2. The highest BCUT2D eigenvalue weighted by atomic mass is 35.5. The van der Waals surface area contributed by atoms with Gasteiger partial charge in [-0.05, 0) is 48.0 Å². The molecule has 0 saturated heterocycles. The zero-order chi connectivity index (χ0) is 23.9. The average molecular weight is 478 g/mol. The molecule has 168 valence electrons. The molecule has 35 heavy (non-hydrogen) atoms. The molecule has 3 aromatic carbocycles. The van der Waals surface area contributed by atoms with Crippen molar-refractivity contribution in [3.05, 3.63) is 123 Å². The van der Waals surface area contributed by atoms with Gasteiger partial charge in [0.25, 0.3) is 0 Å². The fourth-order valence-electron chi connectivity index (χ4n) is 4.14. The second-order valence-electron chi connectivity index (χ2n) is 8.08. The number of halogens is 1. The molecule has 0 unspecified atom stereocenters. The maximum atomic E-state index is 12.9. The Labute approximate surface area is 203 Å². The molecule has 0 aliphatic heterocycles. The summed E-state index contributed by atoms with van der Waals surface area (Å²) in [5.41, 5.74) is 2.66. The SMILES string of the molecule is O=c1oc2ccccc2cc1-c1cc(-c2ccccc2Cl)cc(-c2cc3ccccc3oc2=O)n1. The summed E-state index contributed by atoms with van der Waals surface area (Å²) in [7, 11) is 0. The molecule has 0 aliphatic rings. The lowest BCUT2D eigenvalue weighted by Crippen LogP contribution is -2.07. The molecule has 0 bridgehead atoms. The lowest BCUT2D eigenvalue weighted by atomic mass is 10.00. The third-order valence-corrected chi connectivity index (χ3v) is 6.17. The molecule has 3 aromatic heterocycles. The van der Waals surface area contributed by atoms with Gasteiger partial charge in [-0.3, -0.25) is 0 Å². The largest absolute Gasteiger partial charge is 0.422 e. The maximum Gasteiger partial charge on any atom is 0.345 e. The minimum Gasteiger partial charge on any atom is -0.422 e. The summed E-state index contributed by atoms with van der Waals surface area (Å²) in [6.07, 6.45) is 0. The Morgan fingerprint density at radius 1 is 0.571 bits per heavy atom. The van der Waals surface area contributed by atoms with E-state index in [2.05, 4.69) is 0 Å². The van der Waals surface area contributed by atoms with Crippen LogP contribution in [0.25, 0.3) is 55.6 Å². The predicted octanol–water partition coefficient (Wildman–Crippen LogP) is 6.95. The Hall–Kier alpha value is -4.48. The van der Waals surface area contributed by atoms with E-state index < -0.39 is 11.3 Å². The van der Waals surface area contributed by atoms with Crippen molar-refractivity contribution < 1.29 is 8.83 Å². The van der Waals surface area contributed by atoms with Crippen molar-refractivity contribution in [3.63, 3.8) is 0 Å². The predicted molar refractivity (Wildman–Crippen MR) is 138 cm³/mol. The molecule has 5 nitrogen and oxygen atoms in total. The second kappa shape index (κ2) is 8.38. The van der Waals surface area contributed by atoms with E-state index in [-0.39, 0.29) is 11.1 Å². The molecule has 0 radical (unpaired) electrons. The van der Waals surface area contributed by atoms with Crippen LogP contribution in [0.4, 0.5) is 0 Å². The van der Waals surface area contributed by atoms with E-state index in [1.807, 2.05) is 42.5 Å². The number of hydrogen-bond acceptors (Lipinski definition) is 5. The van der Waals surface area contributed by atoms with Crippen LogP contribution >= 0.6 is 11.6 Å². The van der Waals surface area contributed by atoms with Crippen molar-refractivity contribution >= 4 is 33.5 Å². The van der Waals surface area contributed by atoms with Crippen LogP contribution in [-0.4, -0.2) is 4.98 Å². The highest BCUT2D eigenvalue weighted by Gasteiger charge is 2.17. The summed E-state index contributed by atoms with van der Waals surface area (Å²) in [6, 6.07) is 28.9. The first kappa shape index (κ1) is 21.1. The molecule has 0 atom stereocenters. The van der Waals surface area contributed by atoms with Crippen LogP contribution < -0.4 is 11.3 Å². The van der Waals surface area contributed by atoms with E-state index in [4.69, 9.17) is 25.4 Å². The van der Waals surface area contributed by atoms with E-state index in [1.165, 1.54) is 0 Å². The smallest absolute Gasteiger partial charge is 0.345 e. The Morgan fingerprint density at radius 3 is 1.60 bits per heavy atom. The topological polar surface area (TPSA) is 73.3 Å². The molecule has 0 saturated carbocycles. The van der Waals surface area contributed by atoms with Gasteiger partial charge in [0.2, 0.25) is 0 Å². The van der Waals surface area contributed by atoms with Gasteiger partial charge in [-0.25, -0.2) is 14.6 Å². The van der Waals surface area contributed by atoms with E-state index in [0.29, 0.717) is 33.1 Å². The highest BCUT2D eigenvalue weighted by Crippen LogP contribution is 2.33. The van der Waals surface area contributed by atoms with Crippen molar-refractivity contribution in [1.29, 1.82) is 0 Å². The van der Waals surface area contributed by atoms with Gasteiger partial charge in [0.05, 0.1) is 22.5 Å². The highest BCUT2D eigenvalue weighted by molar-refractivity contribution is 6.33. The third-order valence-electron chi connectivity index (χ3n) is 5.84. The molecular formula is C29H16ClNO4. The summed E-state index contributed by atoms with van der Waals surface area (Å²) in [4.78, 5) is 30.6. The Morgan fingerprint density at radius 2 is 1.06 bits per heavy atom. The second-order valence-corrected chi connectivity index (χ2v) is 8.48. The molecule has 6 heteroatoms. The number of pyridine rings is 1. The quantitative estimate of drug-likeness (QED) is 0.258. The summed E-state index contributed by atoms with van der Waals surface area (Å²) in [5, 5.41) is 2.06. The number of benzene rings is 3. The number of rotatable bonds is 3. The molecule has 0 spiro atoms. The van der Waals surface area contributed by atoms with Crippen molar-refractivity contribution in [2.45, 2.75) is 0 Å². The van der Waals surface area contributed by atoms with Gasteiger partial charge in [0.15, 0.2) is 0 Å². The van der Waals surface area contributed by atoms with Gasteiger partial charge < -0.3 is 8.83 Å². The molecule has 0 fully saturated rings. The van der Waals surface area contributed by atoms with Gasteiger partial charge in [-0.15, -0.1) is 0 Å². The maximum absolute atomic E-state index is 12.9. The summed E-state index contributed by atoms with van der Waals surface area (Å²) in [6.45, 7) is 0. The molecular weight excluding hydrogens is 462 g/mol.